The summed E-state index contributed by atoms with van der Waals surface area (Å²) in [7, 11) is 5.83. The van der Waals surface area contributed by atoms with E-state index in [4.69, 9.17) is 4.42 Å². The van der Waals surface area contributed by atoms with Gasteiger partial charge in [0.25, 0.3) is 0 Å². The van der Waals surface area contributed by atoms with Crippen LogP contribution in [-0.2, 0) is 0 Å². The molecule has 0 amide bonds. The molecule has 1 aromatic carbocycles. The van der Waals surface area contributed by atoms with Crippen molar-refractivity contribution >= 4 is 16.7 Å². The van der Waals surface area contributed by atoms with Crippen LogP contribution in [0.4, 0.5) is 5.69 Å². The minimum Gasteiger partial charge on any atom is -0.456 e. The van der Waals surface area contributed by atoms with Gasteiger partial charge in [-0.1, -0.05) is 0 Å². The van der Waals surface area contributed by atoms with E-state index in [2.05, 4.69) is 34.2 Å². The van der Waals surface area contributed by atoms with E-state index < -0.39 is 0 Å². The summed E-state index contributed by atoms with van der Waals surface area (Å²) in [4.78, 5) is 6.24. The molecule has 0 atom stereocenters. The summed E-state index contributed by atoms with van der Waals surface area (Å²) in [5.74, 6) is 0.867. The Morgan fingerprint density at radius 3 is 2.58 bits per heavy atom. The summed E-state index contributed by atoms with van der Waals surface area (Å²) >= 11 is 0. The van der Waals surface area contributed by atoms with Crippen LogP contribution < -0.4 is 10.3 Å². The quantitative estimate of drug-likeness (QED) is 0.622. The molecule has 3 nitrogen and oxygen atoms in total. The average Bonchev–Trinajstić information content (AvgIpc) is 2.43. The second-order valence-corrected chi connectivity index (χ2v) is 4.81. The second-order valence-electron chi connectivity index (χ2n) is 4.81. The molecule has 1 aliphatic heterocycles. The van der Waals surface area contributed by atoms with Crippen LogP contribution in [0.25, 0.3) is 22.3 Å². The summed E-state index contributed by atoms with van der Waals surface area (Å²) < 4.78 is 5.99. The molecule has 1 aromatic rings. The van der Waals surface area contributed by atoms with Gasteiger partial charge in [0.1, 0.15) is 11.3 Å². The highest BCUT2D eigenvalue weighted by molar-refractivity contribution is 5.85. The van der Waals surface area contributed by atoms with E-state index in [-0.39, 0.29) is 0 Å². The first-order valence-corrected chi connectivity index (χ1v) is 6.25. The Hall–Kier alpha value is -2.29. The van der Waals surface area contributed by atoms with Crippen molar-refractivity contribution in [1.29, 1.82) is 0 Å². The van der Waals surface area contributed by atoms with Crippen molar-refractivity contribution in [2.24, 2.45) is 4.99 Å². The maximum absolute atomic E-state index is 5.99. The van der Waals surface area contributed by atoms with E-state index in [1.165, 1.54) is 0 Å². The molecule has 0 saturated carbocycles. The lowest BCUT2D eigenvalue weighted by Gasteiger charge is -2.13. The van der Waals surface area contributed by atoms with Crippen LogP contribution in [0.2, 0.25) is 0 Å². The molecule has 1 aliphatic carbocycles. The molecular formula is C16H16N2O. The Morgan fingerprint density at radius 1 is 1.00 bits per heavy atom. The second kappa shape index (κ2) is 4.43. The predicted octanol–water partition coefficient (Wildman–Crippen LogP) is 3.13. The van der Waals surface area contributed by atoms with Gasteiger partial charge in [-0.3, -0.25) is 4.99 Å². The van der Waals surface area contributed by atoms with Crippen LogP contribution in [0, 0.1) is 0 Å². The first-order valence-electron chi connectivity index (χ1n) is 6.25. The van der Waals surface area contributed by atoms with Crippen molar-refractivity contribution in [3.05, 3.63) is 47.8 Å². The minimum atomic E-state index is 0.867. The molecule has 0 bridgehead atoms. The highest BCUT2D eigenvalue weighted by atomic mass is 16.3. The normalized spacial score (nSPS) is 12.3. The minimum absolute atomic E-state index is 0.867. The predicted molar refractivity (Wildman–Crippen MR) is 78.7 cm³/mol. The number of rotatable bonds is 1. The van der Waals surface area contributed by atoms with Gasteiger partial charge in [0.2, 0.25) is 0 Å². The molecule has 0 fully saturated rings. The Bertz CT molecular complexity index is 771. The van der Waals surface area contributed by atoms with E-state index in [1.807, 2.05) is 32.3 Å². The number of hydrogen-bond donors (Lipinski definition) is 0. The van der Waals surface area contributed by atoms with Crippen molar-refractivity contribution in [3.8, 4) is 11.3 Å². The monoisotopic (exact) mass is 252 g/mol. The SMILES string of the molecule is C/N=c1/ccc2cc3ccc(N(C)C)cc3oc-2c1. The largest absolute Gasteiger partial charge is 0.456 e. The topological polar surface area (TPSA) is 28.7 Å². The molecule has 3 heteroatoms. The van der Waals surface area contributed by atoms with Crippen LogP contribution in [0.5, 0.6) is 0 Å². The van der Waals surface area contributed by atoms with Crippen molar-refractivity contribution in [3.63, 3.8) is 0 Å². The highest BCUT2D eigenvalue weighted by Crippen LogP contribution is 2.29. The van der Waals surface area contributed by atoms with Crippen molar-refractivity contribution in [2.75, 3.05) is 26.0 Å². The number of nitrogens with zero attached hydrogens (tertiary/aromatic N) is 2. The number of fused-ring (bicyclic) bond motifs is 2. The van der Waals surface area contributed by atoms with Gasteiger partial charge < -0.3 is 9.32 Å². The van der Waals surface area contributed by atoms with E-state index in [9.17, 15) is 0 Å². The summed E-state index contributed by atoms with van der Waals surface area (Å²) in [5.41, 5.74) is 3.12. The molecule has 2 aliphatic rings. The van der Waals surface area contributed by atoms with E-state index in [0.717, 1.165) is 33.3 Å². The van der Waals surface area contributed by atoms with Crippen LogP contribution in [-0.4, -0.2) is 21.1 Å². The van der Waals surface area contributed by atoms with Gasteiger partial charge in [-0.05, 0) is 30.3 Å². The zero-order valence-electron chi connectivity index (χ0n) is 11.3. The fourth-order valence-electron chi connectivity index (χ4n) is 2.16. The lowest BCUT2D eigenvalue weighted by molar-refractivity contribution is 0.618. The number of anilines is 1. The van der Waals surface area contributed by atoms with Crippen molar-refractivity contribution < 1.29 is 4.42 Å². The van der Waals surface area contributed by atoms with Crippen LogP contribution in [0.15, 0.2) is 51.9 Å². The summed E-state index contributed by atoms with van der Waals surface area (Å²) in [6, 6.07) is 14.4. The third-order valence-corrected chi connectivity index (χ3v) is 3.30. The van der Waals surface area contributed by atoms with Crippen LogP contribution in [0.1, 0.15) is 0 Å². The molecule has 0 unspecified atom stereocenters. The number of benzene rings is 2. The smallest absolute Gasteiger partial charge is 0.136 e. The molecule has 96 valence electrons. The maximum atomic E-state index is 5.99. The molecule has 3 rings (SSSR count). The van der Waals surface area contributed by atoms with Gasteiger partial charge in [0, 0.05) is 49.9 Å². The van der Waals surface area contributed by atoms with Gasteiger partial charge in [0.05, 0.1) is 5.36 Å². The lowest BCUT2D eigenvalue weighted by Crippen LogP contribution is -2.08. The maximum Gasteiger partial charge on any atom is 0.136 e. The molecule has 19 heavy (non-hydrogen) atoms. The lowest BCUT2D eigenvalue weighted by atomic mass is 10.1. The van der Waals surface area contributed by atoms with E-state index in [1.54, 1.807) is 7.05 Å². The first-order chi connectivity index (χ1) is 9.17. The third kappa shape index (κ3) is 2.08. The zero-order chi connectivity index (χ0) is 13.4. The fourth-order valence-corrected chi connectivity index (χ4v) is 2.16. The Balaban J connectivity index is 2.31. The van der Waals surface area contributed by atoms with Crippen LogP contribution >= 0.6 is 0 Å². The first kappa shape index (κ1) is 11.8. The van der Waals surface area contributed by atoms with Crippen LogP contribution in [0.3, 0.4) is 0 Å². The molecular weight excluding hydrogens is 236 g/mol. The van der Waals surface area contributed by atoms with Gasteiger partial charge in [-0.15, -0.1) is 0 Å². The molecule has 0 spiro atoms. The molecule has 1 heterocycles. The zero-order valence-corrected chi connectivity index (χ0v) is 11.3. The van der Waals surface area contributed by atoms with Gasteiger partial charge >= 0.3 is 0 Å². The molecule has 0 radical (unpaired) electrons. The fraction of sp³-hybridized carbons (Fsp3) is 0.188. The summed E-state index contributed by atoms with van der Waals surface area (Å²) in [6.07, 6.45) is 0. The van der Waals surface area contributed by atoms with E-state index in [0.29, 0.717) is 0 Å². The third-order valence-electron chi connectivity index (χ3n) is 3.30. The van der Waals surface area contributed by atoms with Gasteiger partial charge in [0.15, 0.2) is 0 Å². The van der Waals surface area contributed by atoms with Crippen molar-refractivity contribution in [2.45, 2.75) is 0 Å². The molecule has 0 aromatic heterocycles. The Morgan fingerprint density at radius 2 is 1.84 bits per heavy atom. The standard InChI is InChI=1S/C16H16N2O/c1-17-13-6-4-11-8-12-5-7-14(18(2)3)10-16(12)19-15(11)9-13/h4-10H,1-3H3/b17-13-. The average molecular weight is 252 g/mol. The van der Waals surface area contributed by atoms with Gasteiger partial charge in [-0.2, -0.15) is 0 Å². The highest BCUT2D eigenvalue weighted by Gasteiger charge is 2.07. The number of hydrogen-bond acceptors (Lipinski definition) is 3. The Labute approximate surface area is 112 Å². The summed E-state index contributed by atoms with van der Waals surface area (Å²) in [6.45, 7) is 0. The van der Waals surface area contributed by atoms with Crippen molar-refractivity contribution in [1.82, 2.24) is 0 Å². The molecule has 0 N–H and O–H groups in total. The van der Waals surface area contributed by atoms with Gasteiger partial charge in [-0.25, -0.2) is 0 Å². The molecule has 0 saturated heterocycles. The Kier molecular flexibility index (Phi) is 2.75. The van der Waals surface area contributed by atoms with E-state index >= 15 is 0 Å². The summed E-state index contributed by atoms with van der Waals surface area (Å²) in [5, 5.41) is 2.04.